The maximum Gasteiger partial charge on any atom is 0.215 e. The molecule has 19 heavy (non-hydrogen) atoms. The van der Waals surface area contributed by atoms with Crippen LogP contribution in [0.1, 0.15) is 37.3 Å². The van der Waals surface area contributed by atoms with Crippen LogP contribution >= 0.6 is 11.6 Å². The molecule has 0 amide bonds. The molecule has 1 atom stereocenters. The van der Waals surface area contributed by atoms with E-state index in [4.69, 9.17) is 16.3 Å². The molecular weight excluding hydrogens is 286 g/mol. The molecule has 104 valence electrons. The zero-order valence-corrected chi connectivity index (χ0v) is 12.0. The minimum atomic E-state index is -3.21. The van der Waals surface area contributed by atoms with Gasteiger partial charge in [0.05, 0.1) is 22.9 Å². The maximum atomic E-state index is 12.1. The molecule has 0 aromatic heterocycles. The summed E-state index contributed by atoms with van der Waals surface area (Å²) in [6, 6.07) is 5.24. The van der Waals surface area contributed by atoms with Crippen molar-refractivity contribution < 1.29 is 13.2 Å². The van der Waals surface area contributed by atoms with Crippen molar-refractivity contribution in [2.45, 2.75) is 37.0 Å². The Morgan fingerprint density at radius 2 is 2.05 bits per heavy atom. The van der Waals surface area contributed by atoms with Gasteiger partial charge in [0.25, 0.3) is 0 Å². The molecule has 0 saturated heterocycles. The zero-order valence-electron chi connectivity index (χ0n) is 10.4. The van der Waals surface area contributed by atoms with E-state index in [-0.39, 0.29) is 11.3 Å². The van der Waals surface area contributed by atoms with Crippen molar-refractivity contribution in [1.29, 1.82) is 0 Å². The normalized spacial score (nSPS) is 23.3. The van der Waals surface area contributed by atoms with Gasteiger partial charge >= 0.3 is 0 Å². The van der Waals surface area contributed by atoms with Crippen LogP contribution in [0.5, 0.6) is 5.75 Å². The van der Waals surface area contributed by atoms with Gasteiger partial charge in [-0.2, -0.15) is 0 Å². The molecule has 2 aliphatic rings. The van der Waals surface area contributed by atoms with Crippen LogP contribution < -0.4 is 9.46 Å². The Labute approximate surface area is 118 Å². The van der Waals surface area contributed by atoms with Crippen LogP contribution in [0.3, 0.4) is 0 Å². The summed E-state index contributed by atoms with van der Waals surface area (Å²) in [5, 5.41) is 0.328. The first-order chi connectivity index (χ1) is 9.08. The van der Waals surface area contributed by atoms with Crippen molar-refractivity contribution in [2.75, 3.05) is 6.61 Å². The summed E-state index contributed by atoms with van der Waals surface area (Å²) in [7, 11) is -3.21. The highest BCUT2D eigenvalue weighted by atomic mass is 35.5. The SMILES string of the molecule is O=S(=O)(NC1CCCOc2c(Cl)cccc21)C1CC1. The Hall–Kier alpha value is -0.780. The van der Waals surface area contributed by atoms with E-state index in [1.54, 1.807) is 6.07 Å². The predicted molar refractivity (Wildman–Crippen MR) is 74.0 cm³/mol. The number of nitrogens with one attached hydrogen (secondary N) is 1. The van der Waals surface area contributed by atoms with E-state index in [1.165, 1.54) is 0 Å². The second kappa shape index (κ2) is 4.96. The smallest absolute Gasteiger partial charge is 0.215 e. The Morgan fingerprint density at radius 3 is 2.79 bits per heavy atom. The third-order valence-electron chi connectivity index (χ3n) is 3.53. The Balaban J connectivity index is 1.92. The Bertz CT molecular complexity index is 584. The van der Waals surface area contributed by atoms with Crippen molar-refractivity contribution in [3.63, 3.8) is 0 Å². The standard InChI is InChI=1S/C13H16ClNO3S/c14-11-4-1-3-10-12(5-2-8-18-13(10)11)15-19(16,17)9-6-7-9/h1,3-4,9,12,15H,2,5-8H2. The third-order valence-corrected chi connectivity index (χ3v) is 5.79. The molecule has 1 N–H and O–H groups in total. The first-order valence-corrected chi connectivity index (χ1v) is 8.43. The van der Waals surface area contributed by atoms with Gasteiger partial charge in [-0.1, -0.05) is 23.7 Å². The quantitative estimate of drug-likeness (QED) is 0.934. The summed E-state index contributed by atoms with van der Waals surface area (Å²) in [6.45, 7) is 0.568. The highest BCUT2D eigenvalue weighted by molar-refractivity contribution is 7.90. The fraction of sp³-hybridized carbons (Fsp3) is 0.538. The molecule has 1 aromatic carbocycles. The fourth-order valence-corrected chi connectivity index (χ4v) is 4.19. The second-order valence-electron chi connectivity index (χ2n) is 5.06. The van der Waals surface area contributed by atoms with E-state index in [1.807, 2.05) is 12.1 Å². The van der Waals surface area contributed by atoms with Gasteiger partial charge in [0.1, 0.15) is 5.75 Å². The van der Waals surface area contributed by atoms with Crippen LogP contribution in [0.25, 0.3) is 0 Å². The topological polar surface area (TPSA) is 55.4 Å². The van der Waals surface area contributed by atoms with E-state index < -0.39 is 10.0 Å². The molecular formula is C13H16ClNO3S. The summed E-state index contributed by atoms with van der Waals surface area (Å²) in [5.41, 5.74) is 0.842. The molecule has 1 heterocycles. The van der Waals surface area contributed by atoms with E-state index in [0.717, 1.165) is 31.2 Å². The van der Waals surface area contributed by atoms with E-state index in [2.05, 4.69) is 4.72 Å². The molecule has 0 spiro atoms. The van der Waals surface area contributed by atoms with Crippen LogP contribution in [0, 0.1) is 0 Å². The molecule has 1 fully saturated rings. The molecule has 1 aromatic rings. The summed E-state index contributed by atoms with van der Waals surface area (Å²) in [6.07, 6.45) is 3.07. The van der Waals surface area contributed by atoms with E-state index in [9.17, 15) is 8.42 Å². The first-order valence-electron chi connectivity index (χ1n) is 6.50. The maximum absolute atomic E-state index is 12.1. The van der Waals surface area contributed by atoms with Crippen molar-refractivity contribution in [1.82, 2.24) is 4.72 Å². The third kappa shape index (κ3) is 2.73. The lowest BCUT2D eigenvalue weighted by molar-refractivity contribution is 0.316. The van der Waals surface area contributed by atoms with Gasteiger partial charge < -0.3 is 4.74 Å². The van der Waals surface area contributed by atoms with Crippen molar-refractivity contribution in [3.05, 3.63) is 28.8 Å². The van der Waals surface area contributed by atoms with Gasteiger partial charge in [-0.25, -0.2) is 13.1 Å². The number of benzene rings is 1. The minimum absolute atomic E-state index is 0.209. The van der Waals surface area contributed by atoms with Crippen LogP contribution in [0.15, 0.2) is 18.2 Å². The lowest BCUT2D eigenvalue weighted by Crippen LogP contribution is -2.31. The molecule has 4 nitrogen and oxygen atoms in total. The number of rotatable bonds is 3. The lowest BCUT2D eigenvalue weighted by atomic mass is 10.0. The fourth-order valence-electron chi connectivity index (χ4n) is 2.36. The van der Waals surface area contributed by atoms with Crippen LogP contribution in [0.2, 0.25) is 5.02 Å². The van der Waals surface area contributed by atoms with Gasteiger partial charge in [-0.15, -0.1) is 0 Å². The number of sulfonamides is 1. The van der Waals surface area contributed by atoms with Gasteiger partial charge in [0.15, 0.2) is 0 Å². The average molecular weight is 302 g/mol. The van der Waals surface area contributed by atoms with Crippen LogP contribution in [-0.2, 0) is 10.0 Å². The van der Waals surface area contributed by atoms with Crippen molar-refractivity contribution >= 4 is 21.6 Å². The van der Waals surface area contributed by atoms with Crippen molar-refractivity contribution in [3.8, 4) is 5.75 Å². The Morgan fingerprint density at radius 1 is 1.26 bits per heavy atom. The molecule has 1 unspecified atom stereocenters. The first kappa shape index (κ1) is 13.2. The second-order valence-corrected chi connectivity index (χ2v) is 7.46. The van der Waals surface area contributed by atoms with Crippen LogP contribution in [0.4, 0.5) is 0 Å². The summed E-state index contributed by atoms with van der Waals surface area (Å²) in [4.78, 5) is 0. The molecule has 3 rings (SSSR count). The zero-order chi connectivity index (χ0) is 13.5. The highest BCUT2D eigenvalue weighted by Gasteiger charge is 2.38. The largest absolute Gasteiger partial charge is 0.492 e. The molecule has 1 aliphatic carbocycles. The van der Waals surface area contributed by atoms with Gasteiger partial charge in [-0.05, 0) is 31.7 Å². The Kier molecular flexibility index (Phi) is 3.45. The summed E-state index contributed by atoms with van der Waals surface area (Å²) in [5.74, 6) is 0.616. The van der Waals surface area contributed by atoms with Crippen molar-refractivity contribution in [2.24, 2.45) is 0 Å². The summed E-state index contributed by atoms with van der Waals surface area (Å²) < 4.78 is 32.6. The van der Waals surface area contributed by atoms with Gasteiger partial charge in [0.2, 0.25) is 10.0 Å². The van der Waals surface area contributed by atoms with E-state index >= 15 is 0 Å². The predicted octanol–water partition coefficient (Wildman–Crippen LogP) is 2.64. The van der Waals surface area contributed by atoms with Crippen LogP contribution in [-0.4, -0.2) is 20.3 Å². The van der Waals surface area contributed by atoms with Gasteiger partial charge in [-0.3, -0.25) is 0 Å². The number of hydrogen-bond donors (Lipinski definition) is 1. The number of halogens is 1. The molecule has 1 aliphatic heterocycles. The molecule has 1 saturated carbocycles. The number of ether oxygens (including phenoxy) is 1. The lowest BCUT2D eigenvalue weighted by Gasteiger charge is -2.18. The molecule has 0 radical (unpaired) electrons. The monoisotopic (exact) mass is 301 g/mol. The molecule has 6 heteroatoms. The number of fused-ring (bicyclic) bond motifs is 1. The summed E-state index contributed by atoms with van der Waals surface area (Å²) >= 11 is 6.12. The number of para-hydroxylation sites is 1. The average Bonchev–Trinajstić information content (AvgIpc) is 3.17. The van der Waals surface area contributed by atoms with E-state index in [0.29, 0.717) is 17.4 Å². The minimum Gasteiger partial charge on any atom is -0.492 e. The molecule has 0 bridgehead atoms. The number of hydrogen-bond acceptors (Lipinski definition) is 3. The van der Waals surface area contributed by atoms with Gasteiger partial charge in [0, 0.05) is 5.56 Å². The highest BCUT2D eigenvalue weighted by Crippen LogP contribution is 2.38.